The van der Waals surface area contributed by atoms with E-state index in [0.717, 1.165) is 0 Å². The lowest BCUT2D eigenvalue weighted by Crippen LogP contribution is -2.29. The Morgan fingerprint density at radius 2 is 0.906 bits per heavy atom. The number of fused-ring (bicyclic) bond motifs is 2. The smallest absolute Gasteiger partial charge is 0.0123 e. The predicted octanol–water partition coefficient (Wildman–Crippen LogP) is 9.13. The third-order valence-corrected chi connectivity index (χ3v) is 13.1. The normalized spacial score (nSPS) is 15.2. The van der Waals surface area contributed by atoms with E-state index < -0.39 is 0 Å². The van der Waals surface area contributed by atoms with Crippen LogP contribution in [0.15, 0.2) is 24.3 Å². The third kappa shape index (κ3) is 4.55. The van der Waals surface area contributed by atoms with E-state index in [9.17, 15) is 0 Å². The van der Waals surface area contributed by atoms with Gasteiger partial charge in [0.1, 0.15) is 0 Å². The van der Waals surface area contributed by atoms with Crippen molar-refractivity contribution in [2.45, 2.75) is 111 Å². The summed E-state index contributed by atoms with van der Waals surface area (Å²) in [4.78, 5) is 0. The van der Waals surface area contributed by atoms with Crippen molar-refractivity contribution in [1.82, 2.24) is 0 Å². The summed E-state index contributed by atoms with van der Waals surface area (Å²) in [6.45, 7) is 28.6. The van der Waals surface area contributed by atoms with E-state index in [-0.39, 0.29) is 21.3 Å². The Morgan fingerprint density at radius 3 is 1.19 bits per heavy atom. The lowest BCUT2D eigenvalue weighted by atomic mass is 9.73. The van der Waals surface area contributed by atoms with Crippen LogP contribution in [0.25, 0.3) is 5.32 Å². The summed E-state index contributed by atoms with van der Waals surface area (Å²) in [6.07, 6.45) is 0. The number of hydrogen-bond acceptors (Lipinski definition) is 0. The maximum Gasteiger partial charge on any atom is 0.0123 e. The molecule has 0 atom stereocenters. The van der Waals surface area contributed by atoms with Crippen LogP contribution in [0, 0.1) is 13.8 Å². The zero-order chi connectivity index (χ0) is 24.1. The number of aryl methyl sites for hydroxylation is 2. The van der Waals surface area contributed by atoms with Crippen LogP contribution >= 0.6 is 15.8 Å². The lowest BCUT2D eigenvalue weighted by Gasteiger charge is -2.49. The molecule has 0 saturated carbocycles. The molecule has 0 saturated heterocycles. The van der Waals surface area contributed by atoms with E-state index in [1.165, 1.54) is 44.2 Å². The molecule has 2 aromatic rings. The highest BCUT2D eigenvalue weighted by Crippen LogP contribution is 2.59. The molecule has 0 fully saturated rings. The largest absolute Gasteiger partial charge is 0.656 e. The molecule has 0 aromatic heterocycles. The van der Waals surface area contributed by atoms with Crippen molar-refractivity contribution in [3.63, 3.8) is 0 Å². The van der Waals surface area contributed by atoms with E-state index in [0.29, 0.717) is 22.6 Å². The molecule has 0 spiro atoms. The molecule has 1 aliphatic heterocycles. The summed E-state index contributed by atoms with van der Waals surface area (Å²) >= 11 is 0. The Morgan fingerprint density at radius 1 is 0.594 bits per heavy atom. The first-order valence-electron chi connectivity index (χ1n) is 12.4. The summed E-state index contributed by atoms with van der Waals surface area (Å²) in [5.41, 5.74) is 10.7. The van der Waals surface area contributed by atoms with E-state index in [1.54, 1.807) is 0 Å². The van der Waals surface area contributed by atoms with Crippen LogP contribution in [0.5, 0.6) is 0 Å². The van der Waals surface area contributed by atoms with Gasteiger partial charge in [0.05, 0.1) is 0 Å². The molecular formula is C29H44NP2-. The second kappa shape index (κ2) is 9.39. The van der Waals surface area contributed by atoms with Gasteiger partial charge in [0.2, 0.25) is 0 Å². The van der Waals surface area contributed by atoms with Gasteiger partial charge in [-0.05, 0) is 47.1 Å². The molecule has 2 aromatic carbocycles. The average Bonchev–Trinajstić information content (AvgIpc) is 2.62. The molecule has 1 heterocycles. The molecule has 3 heteroatoms. The fourth-order valence-electron chi connectivity index (χ4n) is 5.66. The van der Waals surface area contributed by atoms with Crippen LogP contribution in [-0.2, 0) is 5.41 Å². The molecule has 1 nitrogen and oxygen atoms in total. The SMILES string of the molecule is Cc1cc(P(C(C)C)C(C)C)c2c(c1)C(C)(C)c1cc(C)cc(P(C(C)C)C(C)C)c1[N-]2. The van der Waals surface area contributed by atoms with Crippen LogP contribution in [0.4, 0.5) is 11.4 Å². The highest BCUT2D eigenvalue weighted by Gasteiger charge is 2.33. The minimum absolute atomic E-state index is 0.0438. The maximum absolute atomic E-state index is 5.59. The van der Waals surface area contributed by atoms with Crippen molar-refractivity contribution in [3.05, 3.63) is 51.8 Å². The quantitative estimate of drug-likeness (QED) is 0.375. The van der Waals surface area contributed by atoms with Gasteiger partial charge in [-0.3, -0.25) is 0 Å². The summed E-state index contributed by atoms with van der Waals surface area (Å²) in [5, 5.41) is 8.63. The lowest BCUT2D eigenvalue weighted by molar-refractivity contribution is 0.640. The highest BCUT2D eigenvalue weighted by atomic mass is 31.1. The van der Waals surface area contributed by atoms with Gasteiger partial charge < -0.3 is 5.32 Å². The summed E-state index contributed by atoms with van der Waals surface area (Å²) < 4.78 is 0. The van der Waals surface area contributed by atoms with Crippen molar-refractivity contribution < 1.29 is 0 Å². The van der Waals surface area contributed by atoms with Gasteiger partial charge in [0, 0.05) is 5.41 Å². The standard InChI is InChI=1S/C29H44NP2/c1-17(2)31(18(3)4)25-15-21(9)13-23-27(25)30-28-24(29(23,11)12)14-22(10)16-26(28)32(19(5)6)20(7)8/h13-20H,1-12H3/q-1. The Balaban J connectivity index is 2.35. The Kier molecular flexibility index (Phi) is 7.55. The van der Waals surface area contributed by atoms with Gasteiger partial charge >= 0.3 is 0 Å². The van der Waals surface area contributed by atoms with E-state index >= 15 is 0 Å². The number of nitrogens with zero attached hydrogens (tertiary/aromatic N) is 1. The van der Waals surface area contributed by atoms with Gasteiger partial charge in [-0.15, -0.1) is 11.4 Å². The summed E-state index contributed by atoms with van der Waals surface area (Å²) in [5.74, 6) is 0. The second-order valence-corrected chi connectivity index (χ2v) is 18.0. The van der Waals surface area contributed by atoms with Gasteiger partial charge in [-0.25, -0.2) is 0 Å². The molecule has 0 amide bonds. The van der Waals surface area contributed by atoms with Gasteiger partial charge in [-0.1, -0.05) is 132 Å². The Bertz CT molecular complexity index is 892. The Labute approximate surface area is 200 Å². The topological polar surface area (TPSA) is 14.1 Å². The van der Waals surface area contributed by atoms with Crippen LogP contribution in [0.1, 0.15) is 91.5 Å². The fraction of sp³-hybridized carbons (Fsp3) is 0.586. The molecule has 32 heavy (non-hydrogen) atoms. The van der Waals surface area contributed by atoms with Gasteiger partial charge in [0.15, 0.2) is 0 Å². The van der Waals surface area contributed by atoms with Crippen LogP contribution in [0.2, 0.25) is 0 Å². The molecule has 0 aliphatic carbocycles. The minimum atomic E-state index is -0.280. The van der Waals surface area contributed by atoms with Crippen LogP contribution < -0.4 is 10.6 Å². The second-order valence-electron chi connectivity index (χ2n) is 11.3. The molecule has 1 aliphatic rings. The molecule has 0 N–H and O–H groups in total. The highest BCUT2D eigenvalue weighted by molar-refractivity contribution is 7.67. The fourth-order valence-corrected chi connectivity index (χ4v) is 11.8. The maximum atomic E-state index is 5.59. The van der Waals surface area contributed by atoms with Crippen molar-refractivity contribution >= 4 is 37.8 Å². The first-order chi connectivity index (χ1) is 14.8. The van der Waals surface area contributed by atoms with Crippen molar-refractivity contribution in [2.75, 3.05) is 0 Å². The van der Waals surface area contributed by atoms with E-state index in [2.05, 4.69) is 107 Å². The first kappa shape index (κ1) is 25.7. The number of rotatable bonds is 6. The molecular weight excluding hydrogens is 424 g/mol. The molecule has 0 radical (unpaired) electrons. The van der Waals surface area contributed by atoms with Crippen LogP contribution in [-0.4, -0.2) is 22.6 Å². The van der Waals surface area contributed by atoms with Crippen molar-refractivity contribution in [2.24, 2.45) is 0 Å². The molecule has 3 rings (SSSR count). The number of benzene rings is 2. The zero-order valence-corrected chi connectivity index (χ0v) is 24.2. The Hall–Kier alpha value is -0.900. The molecule has 0 bridgehead atoms. The zero-order valence-electron chi connectivity index (χ0n) is 22.5. The van der Waals surface area contributed by atoms with Crippen molar-refractivity contribution in [3.8, 4) is 0 Å². The first-order valence-corrected chi connectivity index (χ1v) is 15.3. The van der Waals surface area contributed by atoms with Gasteiger partial charge in [-0.2, -0.15) is 0 Å². The average molecular weight is 469 g/mol. The molecule has 176 valence electrons. The molecule has 0 unspecified atom stereocenters. The monoisotopic (exact) mass is 468 g/mol. The van der Waals surface area contributed by atoms with E-state index in [4.69, 9.17) is 5.32 Å². The number of hydrogen-bond donors (Lipinski definition) is 0. The van der Waals surface area contributed by atoms with Crippen molar-refractivity contribution in [1.29, 1.82) is 0 Å². The third-order valence-electron chi connectivity index (χ3n) is 6.82. The van der Waals surface area contributed by atoms with Crippen LogP contribution in [0.3, 0.4) is 0 Å². The van der Waals surface area contributed by atoms with Gasteiger partial charge in [0.25, 0.3) is 0 Å². The van der Waals surface area contributed by atoms with E-state index in [1.807, 2.05) is 0 Å². The summed E-state index contributed by atoms with van der Waals surface area (Å²) in [6, 6.07) is 9.73. The minimum Gasteiger partial charge on any atom is -0.656 e. The predicted molar refractivity (Wildman–Crippen MR) is 151 cm³/mol. The summed E-state index contributed by atoms with van der Waals surface area (Å²) in [7, 11) is -0.560.